The smallest absolute Gasteiger partial charge is 0.130 e. The quantitative estimate of drug-likeness (QED) is 0.773. The number of aromatic nitrogens is 1. The van der Waals surface area contributed by atoms with Crippen LogP contribution >= 0.6 is 0 Å². The zero-order valence-corrected chi connectivity index (χ0v) is 12.7. The highest BCUT2D eigenvalue weighted by atomic mass is 15.0. The fourth-order valence-corrected chi connectivity index (χ4v) is 2.53. The van der Waals surface area contributed by atoms with Crippen LogP contribution in [0.5, 0.6) is 0 Å². The molecule has 1 aromatic carbocycles. The highest BCUT2D eigenvalue weighted by molar-refractivity contribution is 5.65. The molecule has 0 radical (unpaired) electrons. The molecule has 0 N–H and O–H groups in total. The number of hydrogen-bond donors (Lipinski definition) is 0. The SMILES string of the molecule is Cc1cccc(-n2c(C)cc(C=C(C#N)C#N)c2C)c1C. The Morgan fingerprint density at radius 3 is 2.38 bits per heavy atom. The number of nitrogens with zero attached hydrogens (tertiary/aromatic N) is 3. The second kappa shape index (κ2) is 5.69. The summed E-state index contributed by atoms with van der Waals surface area (Å²) in [5.41, 5.74) is 6.76. The number of nitriles is 2. The highest BCUT2D eigenvalue weighted by Crippen LogP contribution is 2.26. The molecular weight excluding hydrogens is 258 g/mol. The molecule has 2 rings (SSSR count). The van der Waals surface area contributed by atoms with Crippen LogP contribution in [0.25, 0.3) is 11.8 Å². The zero-order chi connectivity index (χ0) is 15.6. The van der Waals surface area contributed by atoms with Crippen molar-refractivity contribution in [3.05, 3.63) is 57.9 Å². The summed E-state index contributed by atoms with van der Waals surface area (Å²) in [5, 5.41) is 17.8. The predicted molar refractivity (Wildman–Crippen MR) is 83.9 cm³/mol. The second-order valence-corrected chi connectivity index (χ2v) is 5.16. The van der Waals surface area contributed by atoms with E-state index in [2.05, 4.69) is 30.5 Å². The minimum absolute atomic E-state index is 0.121. The summed E-state index contributed by atoms with van der Waals surface area (Å²) in [6.07, 6.45) is 1.64. The number of aryl methyl sites for hydroxylation is 2. The predicted octanol–water partition coefficient (Wildman–Crippen LogP) is 4.14. The second-order valence-electron chi connectivity index (χ2n) is 5.16. The minimum Gasteiger partial charge on any atom is -0.318 e. The molecule has 0 saturated carbocycles. The summed E-state index contributed by atoms with van der Waals surface area (Å²) in [6.45, 7) is 8.24. The molecule has 0 spiro atoms. The molecule has 3 nitrogen and oxygen atoms in total. The van der Waals surface area contributed by atoms with Crippen LogP contribution in [0.1, 0.15) is 28.1 Å². The van der Waals surface area contributed by atoms with Gasteiger partial charge in [0.2, 0.25) is 0 Å². The Balaban J connectivity index is 2.66. The fourth-order valence-electron chi connectivity index (χ4n) is 2.53. The first-order valence-corrected chi connectivity index (χ1v) is 6.77. The Kier molecular flexibility index (Phi) is 3.96. The first kappa shape index (κ1) is 14.6. The molecule has 0 saturated heterocycles. The molecule has 0 bridgehead atoms. The van der Waals surface area contributed by atoms with Gasteiger partial charge in [0.1, 0.15) is 17.7 Å². The number of benzene rings is 1. The lowest BCUT2D eigenvalue weighted by Crippen LogP contribution is -2.02. The summed E-state index contributed by atoms with van der Waals surface area (Å²) in [6, 6.07) is 12.0. The van der Waals surface area contributed by atoms with E-state index < -0.39 is 0 Å². The Bertz CT molecular complexity index is 792. The Labute approximate surface area is 125 Å². The molecule has 0 unspecified atom stereocenters. The third-order valence-corrected chi connectivity index (χ3v) is 3.83. The van der Waals surface area contributed by atoms with Crippen molar-refractivity contribution >= 4 is 6.08 Å². The van der Waals surface area contributed by atoms with E-state index in [1.165, 1.54) is 11.1 Å². The van der Waals surface area contributed by atoms with Gasteiger partial charge in [-0.15, -0.1) is 0 Å². The van der Waals surface area contributed by atoms with E-state index in [0.717, 1.165) is 22.6 Å². The van der Waals surface area contributed by atoms with Crippen molar-refractivity contribution in [3.63, 3.8) is 0 Å². The lowest BCUT2D eigenvalue weighted by atomic mass is 10.1. The number of rotatable bonds is 2. The van der Waals surface area contributed by atoms with Gasteiger partial charge in [-0.25, -0.2) is 0 Å². The van der Waals surface area contributed by atoms with Gasteiger partial charge < -0.3 is 4.57 Å². The molecule has 0 aliphatic rings. The average Bonchev–Trinajstić information content (AvgIpc) is 2.74. The van der Waals surface area contributed by atoms with E-state index >= 15 is 0 Å². The third kappa shape index (κ3) is 2.59. The van der Waals surface area contributed by atoms with Crippen molar-refractivity contribution in [2.24, 2.45) is 0 Å². The molecule has 3 heteroatoms. The van der Waals surface area contributed by atoms with Gasteiger partial charge in [-0.2, -0.15) is 10.5 Å². The van der Waals surface area contributed by atoms with E-state index in [1.807, 2.05) is 38.1 Å². The van der Waals surface area contributed by atoms with E-state index in [1.54, 1.807) is 6.08 Å². The van der Waals surface area contributed by atoms with Crippen LogP contribution in [0.3, 0.4) is 0 Å². The van der Waals surface area contributed by atoms with E-state index in [4.69, 9.17) is 10.5 Å². The highest BCUT2D eigenvalue weighted by Gasteiger charge is 2.12. The number of allylic oxidation sites excluding steroid dienone is 1. The molecule has 0 atom stereocenters. The maximum absolute atomic E-state index is 8.90. The zero-order valence-electron chi connectivity index (χ0n) is 12.7. The van der Waals surface area contributed by atoms with Gasteiger partial charge in [-0.05, 0) is 62.6 Å². The summed E-state index contributed by atoms with van der Waals surface area (Å²) in [5.74, 6) is 0. The van der Waals surface area contributed by atoms with Crippen LogP contribution in [-0.2, 0) is 0 Å². The fraction of sp³-hybridized carbons (Fsp3) is 0.222. The maximum atomic E-state index is 8.90. The molecule has 1 aromatic heterocycles. The van der Waals surface area contributed by atoms with Crippen LogP contribution in [0.15, 0.2) is 29.8 Å². The minimum atomic E-state index is 0.121. The summed E-state index contributed by atoms with van der Waals surface area (Å²) >= 11 is 0. The Morgan fingerprint density at radius 1 is 1.10 bits per heavy atom. The van der Waals surface area contributed by atoms with Gasteiger partial charge >= 0.3 is 0 Å². The van der Waals surface area contributed by atoms with Gasteiger partial charge in [0.25, 0.3) is 0 Å². The first-order valence-electron chi connectivity index (χ1n) is 6.77. The normalized spacial score (nSPS) is 9.81. The van der Waals surface area contributed by atoms with Crippen LogP contribution in [0.2, 0.25) is 0 Å². The van der Waals surface area contributed by atoms with Crippen molar-refractivity contribution < 1.29 is 0 Å². The van der Waals surface area contributed by atoms with Crippen molar-refractivity contribution in [2.75, 3.05) is 0 Å². The Morgan fingerprint density at radius 2 is 1.76 bits per heavy atom. The standard InChI is InChI=1S/C18H17N3/c1-12-6-5-7-18(14(12)3)21-13(2)8-17(15(21)4)9-16(10-19)11-20/h5-9H,1-4H3. The molecule has 21 heavy (non-hydrogen) atoms. The summed E-state index contributed by atoms with van der Waals surface area (Å²) < 4.78 is 2.17. The molecule has 104 valence electrons. The van der Waals surface area contributed by atoms with Crippen molar-refractivity contribution in [2.45, 2.75) is 27.7 Å². The Hall–Kier alpha value is -2.78. The average molecular weight is 275 g/mol. The van der Waals surface area contributed by atoms with Crippen molar-refractivity contribution in [1.82, 2.24) is 4.57 Å². The number of hydrogen-bond acceptors (Lipinski definition) is 2. The van der Waals surface area contributed by atoms with Crippen LogP contribution in [0, 0.1) is 50.4 Å². The molecule has 0 fully saturated rings. The monoisotopic (exact) mass is 275 g/mol. The first-order chi connectivity index (χ1) is 9.99. The molecular formula is C18H17N3. The topological polar surface area (TPSA) is 52.5 Å². The van der Waals surface area contributed by atoms with E-state index in [0.29, 0.717) is 0 Å². The van der Waals surface area contributed by atoms with Gasteiger partial charge in [-0.1, -0.05) is 12.1 Å². The van der Waals surface area contributed by atoms with Gasteiger partial charge in [0.05, 0.1) is 0 Å². The van der Waals surface area contributed by atoms with Crippen molar-refractivity contribution in [1.29, 1.82) is 10.5 Å². The lowest BCUT2D eigenvalue weighted by Gasteiger charge is -2.14. The molecule has 0 aliphatic heterocycles. The van der Waals surface area contributed by atoms with E-state index in [-0.39, 0.29) is 5.57 Å². The molecule has 2 aromatic rings. The van der Waals surface area contributed by atoms with E-state index in [9.17, 15) is 0 Å². The van der Waals surface area contributed by atoms with Crippen LogP contribution in [-0.4, -0.2) is 4.57 Å². The summed E-state index contributed by atoms with van der Waals surface area (Å²) in [7, 11) is 0. The molecule has 1 heterocycles. The maximum Gasteiger partial charge on any atom is 0.130 e. The largest absolute Gasteiger partial charge is 0.318 e. The van der Waals surface area contributed by atoms with Crippen LogP contribution < -0.4 is 0 Å². The van der Waals surface area contributed by atoms with Gasteiger partial charge in [0.15, 0.2) is 0 Å². The summed E-state index contributed by atoms with van der Waals surface area (Å²) in [4.78, 5) is 0. The molecule has 0 aliphatic carbocycles. The van der Waals surface area contributed by atoms with Gasteiger partial charge in [-0.3, -0.25) is 0 Å². The third-order valence-electron chi connectivity index (χ3n) is 3.83. The van der Waals surface area contributed by atoms with Gasteiger partial charge in [0, 0.05) is 17.1 Å². The van der Waals surface area contributed by atoms with Crippen LogP contribution in [0.4, 0.5) is 0 Å². The van der Waals surface area contributed by atoms with Crippen molar-refractivity contribution in [3.8, 4) is 17.8 Å². The lowest BCUT2D eigenvalue weighted by molar-refractivity contribution is 0.950. The molecule has 0 amide bonds.